The Balaban J connectivity index is 3.16. The maximum Gasteiger partial charge on any atom is 0.299 e. The van der Waals surface area contributed by atoms with E-state index in [0.717, 1.165) is 6.32 Å². The fourth-order valence-corrected chi connectivity index (χ4v) is 0.971. The number of urea groups is 1. The molecule has 3 N–H and O–H groups in total. The van der Waals surface area contributed by atoms with Crippen molar-refractivity contribution in [1.29, 1.82) is 0 Å². The molecule has 0 aliphatic rings. The first kappa shape index (κ1) is 10.3. The van der Waals surface area contributed by atoms with Crippen molar-refractivity contribution < 1.29 is 4.79 Å². The van der Waals surface area contributed by atoms with E-state index >= 15 is 0 Å². The van der Waals surface area contributed by atoms with Crippen LogP contribution in [-0.4, -0.2) is 13.4 Å². The Kier molecular flexibility index (Phi) is 5.70. The summed E-state index contributed by atoms with van der Waals surface area (Å²) in [6, 6.07) is -0.478. The molecule has 0 saturated carbocycles. The fraction of sp³-hybridized carbons (Fsp3) is 0.857. The zero-order valence-electron chi connectivity index (χ0n) is 7.26. The van der Waals surface area contributed by atoms with Crippen molar-refractivity contribution >= 4 is 13.4 Å². The van der Waals surface area contributed by atoms with Gasteiger partial charge < -0.3 is 11.0 Å². The van der Waals surface area contributed by atoms with Gasteiger partial charge in [0, 0.05) is 0 Å². The van der Waals surface area contributed by atoms with Gasteiger partial charge in [-0.2, -0.15) is 0 Å². The van der Waals surface area contributed by atoms with Crippen LogP contribution in [0.4, 0.5) is 4.79 Å². The lowest BCUT2D eigenvalue weighted by molar-refractivity contribution is 0.253. The molecule has 0 aromatic heterocycles. The molecule has 0 spiro atoms. The van der Waals surface area contributed by atoms with Crippen molar-refractivity contribution in [3.8, 4) is 0 Å². The first-order valence-electron chi connectivity index (χ1n) is 4.04. The maximum absolute atomic E-state index is 10.2. The van der Waals surface area contributed by atoms with Gasteiger partial charge in [0.05, 0.1) is 0 Å². The summed E-state index contributed by atoms with van der Waals surface area (Å²) in [5, 5.41) is 2.45. The molecule has 0 rings (SSSR count). The Labute approximate surface area is 69.0 Å². The van der Waals surface area contributed by atoms with Crippen LogP contribution in [0.15, 0.2) is 0 Å². The largest absolute Gasteiger partial charge is 0.386 e. The van der Waals surface area contributed by atoms with E-state index in [1.54, 1.807) is 7.41 Å². The van der Waals surface area contributed by atoms with Crippen molar-refractivity contribution in [2.24, 2.45) is 11.7 Å². The predicted molar refractivity (Wildman–Crippen MR) is 47.4 cm³/mol. The molecule has 0 aromatic carbocycles. The van der Waals surface area contributed by atoms with Gasteiger partial charge in [-0.15, -0.1) is 0 Å². The number of rotatable bonds is 5. The normalized spacial score (nSPS) is 12.2. The average Bonchev–Trinajstić information content (AvgIpc) is 1.87. The highest BCUT2D eigenvalue weighted by Gasteiger charge is 2.02. The van der Waals surface area contributed by atoms with E-state index in [2.05, 4.69) is 19.1 Å². The van der Waals surface area contributed by atoms with Crippen molar-refractivity contribution in [3.63, 3.8) is 0 Å². The number of hydrogen-bond donors (Lipinski definition) is 2. The molecule has 0 heterocycles. The molecule has 0 bridgehead atoms. The minimum Gasteiger partial charge on any atom is -0.386 e. The Morgan fingerprint density at radius 3 is 2.82 bits per heavy atom. The molecule has 0 saturated heterocycles. The topological polar surface area (TPSA) is 55.1 Å². The van der Waals surface area contributed by atoms with Crippen LogP contribution in [0.1, 0.15) is 26.7 Å². The van der Waals surface area contributed by atoms with Gasteiger partial charge >= 0.3 is 0 Å². The number of nitrogens with one attached hydrogen (secondary N) is 1. The summed E-state index contributed by atoms with van der Waals surface area (Å²) < 4.78 is 0. The zero-order valence-corrected chi connectivity index (χ0v) is 7.26. The van der Waals surface area contributed by atoms with E-state index in [0.29, 0.717) is 5.92 Å². The summed E-state index contributed by atoms with van der Waals surface area (Å²) in [5.74, 6) is 0.631. The van der Waals surface area contributed by atoms with E-state index < -0.39 is 6.03 Å². The number of hydrogen-bond acceptors (Lipinski definition) is 1. The molecule has 1 radical (unpaired) electrons. The lowest BCUT2D eigenvalue weighted by atomic mass is 9.80. The number of nitrogens with two attached hydrogens (primary N) is 1. The van der Waals surface area contributed by atoms with Crippen molar-refractivity contribution in [3.05, 3.63) is 0 Å². The minimum absolute atomic E-state index is 0.478. The maximum atomic E-state index is 10.2. The standard InChI is InChI=1S/C7H16BN2O/c1-3-4-6(2)5-8-10-7(9)11/h6H,3-5H2,1-2H3,(H3,9,10,11). The quantitative estimate of drug-likeness (QED) is 0.574. The van der Waals surface area contributed by atoms with Gasteiger partial charge in [0.1, 0.15) is 0 Å². The lowest BCUT2D eigenvalue weighted by Crippen LogP contribution is -2.33. The minimum atomic E-state index is -0.478. The summed E-state index contributed by atoms with van der Waals surface area (Å²) in [6.45, 7) is 4.31. The van der Waals surface area contributed by atoms with Gasteiger partial charge in [-0.25, -0.2) is 0 Å². The van der Waals surface area contributed by atoms with Gasteiger partial charge in [-0.05, 0) is 5.92 Å². The highest BCUT2D eigenvalue weighted by atomic mass is 16.2. The molecule has 63 valence electrons. The van der Waals surface area contributed by atoms with Gasteiger partial charge in [0.25, 0.3) is 6.03 Å². The Morgan fingerprint density at radius 2 is 2.36 bits per heavy atom. The number of carbonyl (C=O) groups is 1. The third-order valence-corrected chi connectivity index (χ3v) is 1.55. The molecule has 0 aliphatic heterocycles. The summed E-state index contributed by atoms with van der Waals surface area (Å²) >= 11 is 0. The van der Waals surface area contributed by atoms with Crippen LogP contribution in [0.2, 0.25) is 6.32 Å². The molecule has 0 aliphatic carbocycles. The lowest BCUT2D eigenvalue weighted by Gasteiger charge is -2.07. The van der Waals surface area contributed by atoms with E-state index in [1.165, 1.54) is 12.8 Å². The van der Waals surface area contributed by atoms with E-state index in [9.17, 15) is 4.79 Å². The van der Waals surface area contributed by atoms with Gasteiger partial charge in [-0.1, -0.05) is 33.0 Å². The highest BCUT2D eigenvalue weighted by molar-refractivity contribution is 6.36. The highest BCUT2D eigenvalue weighted by Crippen LogP contribution is 2.08. The van der Waals surface area contributed by atoms with Crippen LogP contribution in [0.3, 0.4) is 0 Å². The Morgan fingerprint density at radius 1 is 1.73 bits per heavy atom. The third-order valence-electron chi connectivity index (χ3n) is 1.55. The SMILES string of the molecule is CCCC(C)C[B]NC(N)=O. The van der Waals surface area contributed by atoms with Crippen LogP contribution in [0.25, 0.3) is 0 Å². The second kappa shape index (κ2) is 6.07. The molecular weight excluding hydrogens is 139 g/mol. The van der Waals surface area contributed by atoms with Crippen LogP contribution in [0.5, 0.6) is 0 Å². The fourth-order valence-electron chi connectivity index (χ4n) is 0.971. The Bertz CT molecular complexity index is 119. The molecular formula is C7H16BN2O. The van der Waals surface area contributed by atoms with Crippen LogP contribution >= 0.6 is 0 Å². The van der Waals surface area contributed by atoms with Gasteiger partial charge in [-0.3, -0.25) is 4.79 Å². The van der Waals surface area contributed by atoms with E-state index in [4.69, 9.17) is 5.73 Å². The van der Waals surface area contributed by atoms with Crippen molar-refractivity contribution in [1.82, 2.24) is 5.23 Å². The second-order valence-corrected chi connectivity index (χ2v) is 2.84. The van der Waals surface area contributed by atoms with Gasteiger partial charge in [0.15, 0.2) is 0 Å². The summed E-state index contributed by atoms with van der Waals surface area (Å²) in [4.78, 5) is 10.2. The molecule has 4 heteroatoms. The molecule has 2 amide bonds. The first-order chi connectivity index (χ1) is 5.16. The summed E-state index contributed by atoms with van der Waals surface area (Å²) in [5.41, 5.74) is 4.87. The molecule has 1 atom stereocenters. The second-order valence-electron chi connectivity index (χ2n) is 2.84. The predicted octanol–water partition coefficient (Wildman–Crippen LogP) is 1.13. The smallest absolute Gasteiger partial charge is 0.299 e. The molecule has 0 aromatic rings. The zero-order chi connectivity index (χ0) is 8.69. The summed E-state index contributed by atoms with van der Waals surface area (Å²) in [7, 11) is 1.72. The molecule has 0 fully saturated rings. The molecule has 3 nitrogen and oxygen atoms in total. The van der Waals surface area contributed by atoms with Crippen LogP contribution in [0, 0.1) is 5.92 Å². The van der Waals surface area contributed by atoms with Crippen molar-refractivity contribution in [2.45, 2.75) is 33.0 Å². The van der Waals surface area contributed by atoms with Crippen LogP contribution in [-0.2, 0) is 0 Å². The number of primary amides is 1. The van der Waals surface area contributed by atoms with Crippen molar-refractivity contribution in [2.75, 3.05) is 0 Å². The van der Waals surface area contributed by atoms with Crippen LogP contribution < -0.4 is 11.0 Å². The summed E-state index contributed by atoms with van der Waals surface area (Å²) in [6.07, 6.45) is 3.28. The third kappa shape index (κ3) is 7.23. The first-order valence-corrected chi connectivity index (χ1v) is 4.04. The van der Waals surface area contributed by atoms with E-state index in [1.807, 2.05) is 0 Å². The van der Waals surface area contributed by atoms with E-state index in [-0.39, 0.29) is 0 Å². The monoisotopic (exact) mass is 155 g/mol. The Hall–Kier alpha value is -0.665. The average molecular weight is 155 g/mol. The molecule has 1 unspecified atom stereocenters. The molecule has 11 heavy (non-hydrogen) atoms. The number of amides is 2. The number of carbonyl (C=O) groups excluding carboxylic acids is 1. The van der Waals surface area contributed by atoms with Gasteiger partial charge in [0.2, 0.25) is 7.41 Å².